The van der Waals surface area contributed by atoms with Crippen molar-refractivity contribution in [3.8, 4) is 11.5 Å². The van der Waals surface area contributed by atoms with E-state index in [1.807, 2.05) is 6.92 Å². The van der Waals surface area contributed by atoms with Crippen LogP contribution in [-0.2, 0) is 9.47 Å². The molecule has 0 heterocycles. The van der Waals surface area contributed by atoms with Crippen LogP contribution >= 0.6 is 0 Å². The Morgan fingerprint density at radius 3 is 2.47 bits per heavy atom. The third-order valence-electron chi connectivity index (χ3n) is 1.98. The maximum absolute atomic E-state index is 9.49. The van der Waals surface area contributed by atoms with E-state index >= 15 is 0 Å². The highest BCUT2D eigenvalue weighted by Gasteiger charge is 2.11. The number of rotatable bonds is 5. The first kappa shape index (κ1) is 11.8. The SMILES string of the molecule is CCOc1cc(C(OC)OC)ccc1O. The molecule has 0 saturated carbocycles. The number of phenols is 1. The van der Waals surface area contributed by atoms with Crippen LogP contribution in [0.25, 0.3) is 0 Å². The lowest BCUT2D eigenvalue weighted by atomic mass is 10.2. The standard InChI is InChI=1S/C11H16O4/c1-4-15-10-7-8(5-6-9(10)12)11(13-2)14-3/h5-7,11-12H,4H2,1-3H3. The Balaban J connectivity index is 2.95. The summed E-state index contributed by atoms with van der Waals surface area (Å²) in [6.07, 6.45) is -0.440. The minimum atomic E-state index is -0.440. The fourth-order valence-electron chi connectivity index (χ4n) is 1.32. The molecule has 1 rings (SSSR count). The molecule has 4 heteroatoms. The van der Waals surface area contributed by atoms with E-state index in [0.29, 0.717) is 12.4 Å². The molecule has 0 amide bonds. The largest absolute Gasteiger partial charge is 0.504 e. The van der Waals surface area contributed by atoms with Gasteiger partial charge in [-0.3, -0.25) is 0 Å². The van der Waals surface area contributed by atoms with Gasteiger partial charge in [0.25, 0.3) is 0 Å². The molecule has 0 atom stereocenters. The van der Waals surface area contributed by atoms with Crippen molar-refractivity contribution in [2.45, 2.75) is 13.2 Å². The predicted octanol–water partition coefficient (Wildman–Crippen LogP) is 2.08. The molecule has 0 radical (unpaired) electrons. The Hall–Kier alpha value is -1.26. The first-order valence-corrected chi connectivity index (χ1v) is 4.74. The first-order chi connectivity index (χ1) is 7.22. The van der Waals surface area contributed by atoms with E-state index in [9.17, 15) is 5.11 Å². The van der Waals surface area contributed by atoms with E-state index in [-0.39, 0.29) is 5.75 Å². The molecular formula is C11H16O4. The normalized spacial score (nSPS) is 10.7. The first-order valence-electron chi connectivity index (χ1n) is 4.74. The molecule has 0 fully saturated rings. The number of ether oxygens (including phenoxy) is 3. The molecule has 0 unspecified atom stereocenters. The Kier molecular flexibility index (Phi) is 4.39. The summed E-state index contributed by atoms with van der Waals surface area (Å²) in [5.74, 6) is 0.556. The molecule has 0 aliphatic rings. The molecule has 15 heavy (non-hydrogen) atoms. The van der Waals surface area contributed by atoms with E-state index in [0.717, 1.165) is 5.56 Å². The van der Waals surface area contributed by atoms with Crippen LogP contribution in [0.3, 0.4) is 0 Å². The molecule has 1 aromatic carbocycles. The zero-order chi connectivity index (χ0) is 11.3. The van der Waals surface area contributed by atoms with Crippen molar-refractivity contribution < 1.29 is 19.3 Å². The number of phenolic OH excluding ortho intramolecular Hbond substituents is 1. The van der Waals surface area contributed by atoms with Crippen LogP contribution in [0.4, 0.5) is 0 Å². The Bertz CT molecular complexity index is 307. The Labute approximate surface area is 89.4 Å². The average molecular weight is 212 g/mol. The van der Waals surface area contributed by atoms with Gasteiger partial charge < -0.3 is 19.3 Å². The van der Waals surface area contributed by atoms with Gasteiger partial charge in [-0.05, 0) is 19.1 Å². The van der Waals surface area contributed by atoms with Gasteiger partial charge in [-0.15, -0.1) is 0 Å². The number of benzene rings is 1. The van der Waals surface area contributed by atoms with E-state index in [1.165, 1.54) is 0 Å². The maximum atomic E-state index is 9.49. The fraction of sp³-hybridized carbons (Fsp3) is 0.455. The Morgan fingerprint density at radius 2 is 1.93 bits per heavy atom. The number of hydrogen-bond acceptors (Lipinski definition) is 4. The highest BCUT2D eigenvalue weighted by molar-refractivity contribution is 5.42. The molecule has 0 aliphatic heterocycles. The number of hydrogen-bond donors (Lipinski definition) is 1. The summed E-state index contributed by atoms with van der Waals surface area (Å²) in [4.78, 5) is 0. The van der Waals surface area contributed by atoms with Gasteiger partial charge in [0.1, 0.15) is 0 Å². The van der Waals surface area contributed by atoms with E-state index < -0.39 is 6.29 Å². The third-order valence-corrected chi connectivity index (χ3v) is 1.98. The van der Waals surface area contributed by atoms with E-state index in [4.69, 9.17) is 14.2 Å². The lowest BCUT2D eigenvalue weighted by molar-refractivity contribution is -0.106. The van der Waals surface area contributed by atoms with Crippen LogP contribution in [0.5, 0.6) is 11.5 Å². The zero-order valence-electron chi connectivity index (χ0n) is 9.19. The van der Waals surface area contributed by atoms with Crippen LogP contribution < -0.4 is 4.74 Å². The molecule has 0 aliphatic carbocycles. The fourth-order valence-corrected chi connectivity index (χ4v) is 1.32. The topological polar surface area (TPSA) is 47.9 Å². The van der Waals surface area contributed by atoms with E-state index in [2.05, 4.69) is 0 Å². The van der Waals surface area contributed by atoms with Crippen molar-refractivity contribution in [1.82, 2.24) is 0 Å². The van der Waals surface area contributed by atoms with Gasteiger partial charge in [0.2, 0.25) is 0 Å². The van der Waals surface area contributed by atoms with Crippen molar-refractivity contribution in [2.75, 3.05) is 20.8 Å². The summed E-state index contributed by atoms with van der Waals surface area (Å²) >= 11 is 0. The average Bonchev–Trinajstić information content (AvgIpc) is 2.25. The molecular weight excluding hydrogens is 196 g/mol. The summed E-state index contributed by atoms with van der Waals surface area (Å²) in [5, 5.41) is 9.49. The Morgan fingerprint density at radius 1 is 1.27 bits per heavy atom. The highest BCUT2D eigenvalue weighted by atomic mass is 16.7. The van der Waals surface area contributed by atoms with Gasteiger partial charge in [0.05, 0.1) is 6.61 Å². The lowest BCUT2D eigenvalue weighted by Crippen LogP contribution is -2.04. The van der Waals surface area contributed by atoms with Gasteiger partial charge in [-0.2, -0.15) is 0 Å². The quantitative estimate of drug-likeness (QED) is 0.759. The lowest BCUT2D eigenvalue weighted by Gasteiger charge is -2.15. The number of aromatic hydroxyl groups is 1. The number of methoxy groups -OCH3 is 2. The van der Waals surface area contributed by atoms with Crippen LogP contribution in [0, 0.1) is 0 Å². The van der Waals surface area contributed by atoms with Crippen molar-refractivity contribution in [1.29, 1.82) is 0 Å². The van der Waals surface area contributed by atoms with Crippen LogP contribution in [0.2, 0.25) is 0 Å². The summed E-state index contributed by atoms with van der Waals surface area (Å²) < 4.78 is 15.5. The molecule has 1 N–H and O–H groups in total. The summed E-state index contributed by atoms with van der Waals surface area (Å²) in [6, 6.07) is 5.00. The van der Waals surface area contributed by atoms with Gasteiger partial charge in [-0.1, -0.05) is 6.07 Å². The van der Waals surface area contributed by atoms with Crippen molar-refractivity contribution in [3.05, 3.63) is 23.8 Å². The van der Waals surface area contributed by atoms with E-state index in [1.54, 1.807) is 32.4 Å². The highest BCUT2D eigenvalue weighted by Crippen LogP contribution is 2.30. The second kappa shape index (κ2) is 5.58. The maximum Gasteiger partial charge on any atom is 0.183 e. The molecule has 0 aromatic heterocycles. The summed E-state index contributed by atoms with van der Waals surface area (Å²) in [5.41, 5.74) is 0.807. The molecule has 0 spiro atoms. The predicted molar refractivity (Wildman–Crippen MR) is 56.0 cm³/mol. The van der Waals surface area contributed by atoms with Gasteiger partial charge >= 0.3 is 0 Å². The second-order valence-corrected chi connectivity index (χ2v) is 2.96. The van der Waals surface area contributed by atoms with Crippen molar-refractivity contribution in [2.24, 2.45) is 0 Å². The molecule has 1 aromatic rings. The summed E-state index contributed by atoms with van der Waals surface area (Å²) in [7, 11) is 3.11. The zero-order valence-corrected chi connectivity index (χ0v) is 9.19. The third kappa shape index (κ3) is 2.84. The van der Waals surface area contributed by atoms with Gasteiger partial charge in [0.15, 0.2) is 17.8 Å². The molecule has 0 bridgehead atoms. The monoisotopic (exact) mass is 212 g/mol. The second-order valence-electron chi connectivity index (χ2n) is 2.96. The molecule has 84 valence electrons. The van der Waals surface area contributed by atoms with Gasteiger partial charge in [0, 0.05) is 19.8 Å². The van der Waals surface area contributed by atoms with Gasteiger partial charge in [-0.25, -0.2) is 0 Å². The van der Waals surface area contributed by atoms with Crippen molar-refractivity contribution in [3.63, 3.8) is 0 Å². The van der Waals surface area contributed by atoms with Crippen molar-refractivity contribution >= 4 is 0 Å². The van der Waals surface area contributed by atoms with Crippen LogP contribution in [-0.4, -0.2) is 25.9 Å². The summed E-state index contributed by atoms with van der Waals surface area (Å²) in [6.45, 7) is 2.36. The smallest absolute Gasteiger partial charge is 0.183 e. The van der Waals surface area contributed by atoms with Crippen LogP contribution in [0.1, 0.15) is 18.8 Å². The van der Waals surface area contributed by atoms with Crippen LogP contribution in [0.15, 0.2) is 18.2 Å². The minimum Gasteiger partial charge on any atom is -0.504 e. The molecule has 4 nitrogen and oxygen atoms in total. The minimum absolute atomic E-state index is 0.117. The molecule has 0 saturated heterocycles.